The Morgan fingerprint density at radius 1 is 1.08 bits per heavy atom. The van der Waals surface area contributed by atoms with Crippen molar-refractivity contribution in [1.82, 2.24) is 24.5 Å². The van der Waals surface area contributed by atoms with Gasteiger partial charge in [-0.15, -0.1) is 5.10 Å². The van der Waals surface area contributed by atoms with E-state index in [1.54, 1.807) is 16.6 Å². The highest BCUT2D eigenvalue weighted by Crippen LogP contribution is 2.43. The first-order valence-electron chi connectivity index (χ1n) is 13.3. The van der Waals surface area contributed by atoms with Gasteiger partial charge in [0.15, 0.2) is 11.3 Å². The van der Waals surface area contributed by atoms with Crippen molar-refractivity contribution in [1.29, 1.82) is 0 Å². The molecule has 1 saturated heterocycles. The summed E-state index contributed by atoms with van der Waals surface area (Å²) in [4.78, 5) is 35.7. The summed E-state index contributed by atoms with van der Waals surface area (Å²) in [6, 6.07) is 7.31. The summed E-state index contributed by atoms with van der Waals surface area (Å²) in [5.41, 5.74) is 2.87. The van der Waals surface area contributed by atoms with Crippen LogP contribution in [-0.4, -0.2) is 56.7 Å². The lowest BCUT2D eigenvalue weighted by Gasteiger charge is -2.36. The Labute approximate surface area is 212 Å². The zero-order valence-electron chi connectivity index (χ0n) is 21.8. The van der Waals surface area contributed by atoms with Crippen LogP contribution in [0.25, 0.3) is 16.9 Å². The van der Waals surface area contributed by atoms with Crippen LogP contribution in [0.4, 0.5) is 0 Å². The molecule has 0 radical (unpaired) electrons. The van der Waals surface area contributed by atoms with Gasteiger partial charge in [0.2, 0.25) is 0 Å². The molecule has 8 nitrogen and oxygen atoms in total. The minimum absolute atomic E-state index is 0.00269. The maximum Gasteiger partial charge on any atom is 0.277 e. The van der Waals surface area contributed by atoms with Crippen molar-refractivity contribution in [3.63, 3.8) is 0 Å². The van der Waals surface area contributed by atoms with Crippen LogP contribution in [0.1, 0.15) is 81.2 Å². The summed E-state index contributed by atoms with van der Waals surface area (Å²) in [6.45, 7) is 11.3. The number of hydrogen-bond acceptors (Lipinski definition) is 5. The highest BCUT2D eigenvalue weighted by atomic mass is 16.5. The lowest BCUT2D eigenvalue weighted by molar-refractivity contribution is 0.0303. The number of rotatable bonds is 4. The average molecular weight is 492 g/mol. The number of carbonyl (C=O) groups is 1. The standard InChI is InChI=1S/C28H37N5O3/c1-5-22-23-26(34)30-24(18-6-8-20(9-7-18)27(35)32-14-16-36-17-15-32)31-33(23)25(29-22)19-10-12-21(13-11-19)28(2,3)4/h6-9,19,21H,5,10-17H2,1-4H3,(H,30,31,34)/t19-,21+. The Bertz CT molecular complexity index is 1290. The molecule has 1 saturated carbocycles. The van der Waals surface area contributed by atoms with Crippen LogP contribution in [0.2, 0.25) is 0 Å². The number of ether oxygens (including phenoxy) is 1. The Hall–Kier alpha value is -3.00. The van der Waals surface area contributed by atoms with Crippen molar-refractivity contribution in [3.05, 3.63) is 51.7 Å². The van der Waals surface area contributed by atoms with E-state index in [1.165, 1.54) is 12.8 Å². The van der Waals surface area contributed by atoms with Gasteiger partial charge in [0, 0.05) is 30.1 Å². The van der Waals surface area contributed by atoms with Gasteiger partial charge in [-0.1, -0.05) is 39.8 Å². The molecule has 1 aromatic carbocycles. The third kappa shape index (κ3) is 4.71. The van der Waals surface area contributed by atoms with Gasteiger partial charge in [-0.05, 0) is 55.6 Å². The molecule has 0 atom stereocenters. The first kappa shape index (κ1) is 24.7. The number of morpholine rings is 1. The molecule has 3 heterocycles. The Morgan fingerprint density at radius 3 is 2.36 bits per heavy atom. The molecule has 192 valence electrons. The lowest BCUT2D eigenvalue weighted by atomic mass is 9.70. The minimum Gasteiger partial charge on any atom is -0.378 e. The van der Waals surface area contributed by atoms with Crippen LogP contribution in [0.5, 0.6) is 0 Å². The third-order valence-electron chi connectivity index (χ3n) is 7.95. The van der Waals surface area contributed by atoms with E-state index in [0.717, 1.165) is 29.9 Å². The van der Waals surface area contributed by atoms with E-state index in [-0.39, 0.29) is 11.5 Å². The fraction of sp³-hybridized carbons (Fsp3) is 0.571. The molecule has 36 heavy (non-hydrogen) atoms. The van der Waals surface area contributed by atoms with Crippen molar-refractivity contribution in [3.8, 4) is 11.4 Å². The SMILES string of the molecule is CCc1nc([C@H]2CC[C@@H](C(C)(C)C)CC2)n2nc(-c3ccc(C(=O)N4CCOCC4)cc3)[nH]c(=O)c12. The largest absolute Gasteiger partial charge is 0.378 e. The van der Waals surface area contributed by atoms with Crippen LogP contribution in [-0.2, 0) is 11.2 Å². The highest BCUT2D eigenvalue weighted by molar-refractivity contribution is 5.94. The van der Waals surface area contributed by atoms with Crippen LogP contribution in [0, 0.1) is 11.3 Å². The molecule has 1 aliphatic heterocycles. The van der Waals surface area contributed by atoms with E-state index in [1.807, 2.05) is 24.0 Å². The minimum atomic E-state index is -0.174. The van der Waals surface area contributed by atoms with Crippen LogP contribution >= 0.6 is 0 Å². The third-order valence-corrected chi connectivity index (χ3v) is 7.95. The Morgan fingerprint density at radius 2 is 1.75 bits per heavy atom. The number of imidazole rings is 1. The second kappa shape index (κ2) is 9.81. The smallest absolute Gasteiger partial charge is 0.277 e. The Kier molecular flexibility index (Phi) is 6.72. The van der Waals surface area contributed by atoms with Gasteiger partial charge in [-0.2, -0.15) is 0 Å². The number of aromatic nitrogens is 4. The molecule has 5 rings (SSSR count). The maximum atomic E-state index is 13.2. The van der Waals surface area contributed by atoms with E-state index in [4.69, 9.17) is 14.8 Å². The summed E-state index contributed by atoms with van der Waals surface area (Å²) in [5.74, 6) is 2.39. The van der Waals surface area contributed by atoms with Crippen molar-refractivity contribution in [2.75, 3.05) is 26.3 Å². The molecule has 0 spiro atoms. The average Bonchev–Trinajstić information content (AvgIpc) is 3.28. The predicted octanol–water partition coefficient (Wildman–Crippen LogP) is 4.44. The first-order chi connectivity index (χ1) is 17.3. The maximum absolute atomic E-state index is 13.2. The molecule has 8 heteroatoms. The molecule has 2 aliphatic rings. The van der Waals surface area contributed by atoms with Crippen molar-refractivity contribution in [2.24, 2.45) is 11.3 Å². The molecular weight excluding hydrogens is 454 g/mol. The number of carbonyl (C=O) groups excluding carboxylic acids is 1. The number of hydrogen-bond donors (Lipinski definition) is 1. The second-order valence-corrected chi connectivity index (χ2v) is 11.2. The number of aryl methyl sites for hydroxylation is 1. The van der Waals surface area contributed by atoms with Gasteiger partial charge in [-0.25, -0.2) is 9.50 Å². The summed E-state index contributed by atoms with van der Waals surface area (Å²) in [5, 5.41) is 4.87. The van der Waals surface area contributed by atoms with Crippen molar-refractivity contribution < 1.29 is 9.53 Å². The van der Waals surface area contributed by atoms with Crippen molar-refractivity contribution >= 4 is 11.4 Å². The highest BCUT2D eigenvalue weighted by Gasteiger charge is 2.33. The number of nitrogens with one attached hydrogen (secondary N) is 1. The lowest BCUT2D eigenvalue weighted by Crippen LogP contribution is -2.40. The molecular formula is C28H37N5O3. The molecule has 1 amide bonds. The Balaban J connectivity index is 1.45. The molecule has 3 aromatic rings. The number of benzene rings is 1. The topological polar surface area (TPSA) is 92.6 Å². The quantitative estimate of drug-likeness (QED) is 0.583. The second-order valence-electron chi connectivity index (χ2n) is 11.2. The summed E-state index contributed by atoms with van der Waals surface area (Å²) >= 11 is 0. The van der Waals surface area contributed by atoms with Gasteiger partial charge in [0.05, 0.1) is 18.9 Å². The number of H-pyrrole nitrogens is 1. The van der Waals surface area contributed by atoms with E-state index in [2.05, 4.69) is 25.8 Å². The zero-order valence-corrected chi connectivity index (χ0v) is 21.8. The fourth-order valence-electron chi connectivity index (χ4n) is 5.67. The molecule has 1 aliphatic carbocycles. The number of nitrogens with zero attached hydrogens (tertiary/aromatic N) is 4. The molecule has 2 aromatic heterocycles. The van der Waals surface area contributed by atoms with Crippen LogP contribution < -0.4 is 5.56 Å². The van der Waals surface area contributed by atoms with Crippen LogP contribution in [0.3, 0.4) is 0 Å². The first-order valence-corrected chi connectivity index (χ1v) is 13.3. The monoisotopic (exact) mass is 491 g/mol. The van der Waals surface area contributed by atoms with Gasteiger partial charge in [0.25, 0.3) is 11.5 Å². The van der Waals surface area contributed by atoms with Crippen LogP contribution in [0.15, 0.2) is 29.1 Å². The molecule has 2 fully saturated rings. The number of fused-ring (bicyclic) bond motifs is 1. The van der Waals surface area contributed by atoms with Gasteiger partial charge in [0.1, 0.15) is 5.82 Å². The molecule has 1 N–H and O–H groups in total. The van der Waals surface area contributed by atoms with E-state index >= 15 is 0 Å². The van der Waals surface area contributed by atoms with Gasteiger partial charge in [-0.3, -0.25) is 9.59 Å². The number of amides is 1. The van der Waals surface area contributed by atoms with Gasteiger partial charge < -0.3 is 14.6 Å². The summed E-state index contributed by atoms with van der Waals surface area (Å²) < 4.78 is 7.14. The molecule has 0 bridgehead atoms. The number of aromatic amines is 1. The van der Waals surface area contributed by atoms with E-state index < -0.39 is 0 Å². The van der Waals surface area contributed by atoms with Crippen molar-refractivity contribution in [2.45, 2.75) is 65.7 Å². The van der Waals surface area contributed by atoms with E-state index in [9.17, 15) is 9.59 Å². The fourth-order valence-corrected chi connectivity index (χ4v) is 5.67. The normalized spacial score (nSPS) is 21.2. The summed E-state index contributed by atoms with van der Waals surface area (Å²) in [6.07, 6.45) is 5.14. The summed E-state index contributed by atoms with van der Waals surface area (Å²) in [7, 11) is 0. The zero-order chi connectivity index (χ0) is 25.4. The van der Waals surface area contributed by atoms with Gasteiger partial charge >= 0.3 is 0 Å². The predicted molar refractivity (Wildman–Crippen MR) is 139 cm³/mol. The van der Waals surface area contributed by atoms with E-state index in [0.29, 0.717) is 66.9 Å². The molecule has 0 unspecified atom stereocenters.